The molecule has 16 heavy (non-hydrogen) atoms. The lowest BCUT2D eigenvalue weighted by atomic mass is 9.96. The van der Waals surface area contributed by atoms with Gasteiger partial charge in [-0.25, -0.2) is 4.79 Å². The predicted molar refractivity (Wildman–Crippen MR) is 59.5 cm³/mol. The fourth-order valence-electron chi connectivity index (χ4n) is 1.55. The first kappa shape index (κ1) is 11.0. The van der Waals surface area contributed by atoms with Crippen molar-refractivity contribution < 1.29 is 14.7 Å². The zero-order valence-electron chi connectivity index (χ0n) is 8.39. The Labute approximate surface area is 97.5 Å². The fourth-order valence-corrected chi connectivity index (χ4v) is 1.79. The molecule has 1 aromatic rings. The van der Waals surface area contributed by atoms with Crippen molar-refractivity contribution in [3.63, 3.8) is 0 Å². The van der Waals surface area contributed by atoms with Crippen molar-refractivity contribution in [2.75, 3.05) is 5.88 Å². The molecule has 0 aromatic heterocycles. The molecule has 0 radical (unpaired) electrons. The predicted octanol–water partition coefficient (Wildman–Crippen LogP) is 1.70. The SMILES string of the molecule is O=C1ON=C(CCl)[C@@H]1Cc1ccc(O)cc1. The third-order valence-electron chi connectivity index (χ3n) is 2.45. The van der Waals surface area contributed by atoms with E-state index in [1.165, 1.54) is 0 Å². The Bertz CT molecular complexity index is 427. The third kappa shape index (κ3) is 2.17. The summed E-state index contributed by atoms with van der Waals surface area (Å²) in [5.41, 5.74) is 1.49. The smallest absolute Gasteiger partial charge is 0.344 e. The topological polar surface area (TPSA) is 58.9 Å². The molecular formula is C11H10ClNO3. The lowest BCUT2D eigenvalue weighted by Gasteiger charge is -2.07. The number of nitrogens with zero attached hydrogens (tertiary/aromatic N) is 1. The van der Waals surface area contributed by atoms with Gasteiger partial charge in [0.1, 0.15) is 11.7 Å². The number of oxime groups is 1. The van der Waals surface area contributed by atoms with E-state index in [9.17, 15) is 4.79 Å². The Hall–Kier alpha value is -1.55. The third-order valence-corrected chi connectivity index (χ3v) is 2.73. The molecule has 0 saturated heterocycles. The van der Waals surface area contributed by atoms with Gasteiger partial charge in [0.05, 0.1) is 11.6 Å². The molecule has 1 aromatic carbocycles. The second-order valence-corrected chi connectivity index (χ2v) is 3.82. The highest BCUT2D eigenvalue weighted by Crippen LogP contribution is 2.20. The largest absolute Gasteiger partial charge is 0.508 e. The van der Waals surface area contributed by atoms with E-state index >= 15 is 0 Å². The maximum atomic E-state index is 11.4. The minimum Gasteiger partial charge on any atom is -0.508 e. The Kier molecular flexibility index (Phi) is 3.10. The van der Waals surface area contributed by atoms with Gasteiger partial charge in [-0.15, -0.1) is 11.6 Å². The lowest BCUT2D eigenvalue weighted by Crippen LogP contribution is -2.21. The summed E-state index contributed by atoms with van der Waals surface area (Å²) < 4.78 is 0. The van der Waals surface area contributed by atoms with E-state index in [1.807, 2.05) is 0 Å². The van der Waals surface area contributed by atoms with Crippen molar-refractivity contribution in [3.05, 3.63) is 29.8 Å². The van der Waals surface area contributed by atoms with Gasteiger partial charge in [-0.05, 0) is 24.1 Å². The van der Waals surface area contributed by atoms with E-state index < -0.39 is 5.92 Å². The summed E-state index contributed by atoms with van der Waals surface area (Å²) in [6.45, 7) is 0. The molecule has 5 heteroatoms. The number of carbonyl (C=O) groups excluding carboxylic acids is 1. The number of aromatic hydroxyl groups is 1. The Morgan fingerprint density at radius 1 is 1.38 bits per heavy atom. The number of halogens is 1. The van der Waals surface area contributed by atoms with Crippen molar-refractivity contribution in [3.8, 4) is 5.75 Å². The number of hydrogen-bond donors (Lipinski definition) is 1. The highest BCUT2D eigenvalue weighted by atomic mass is 35.5. The Morgan fingerprint density at radius 2 is 2.06 bits per heavy atom. The van der Waals surface area contributed by atoms with Crippen LogP contribution in [0.3, 0.4) is 0 Å². The van der Waals surface area contributed by atoms with Gasteiger partial charge in [-0.1, -0.05) is 17.3 Å². The molecule has 0 amide bonds. The van der Waals surface area contributed by atoms with E-state index in [0.717, 1.165) is 5.56 Å². The number of benzene rings is 1. The van der Waals surface area contributed by atoms with Crippen LogP contribution in [-0.2, 0) is 16.1 Å². The summed E-state index contributed by atoms with van der Waals surface area (Å²) in [5, 5.41) is 12.7. The van der Waals surface area contributed by atoms with Crippen molar-refractivity contribution in [2.45, 2.75) is 6.42 Å². The number of alkyl halides is 1. The molecule has 1 aliphatic rings. The quantitative estimate of drug-likeness (QED) is 0.645. The zero-order valence-corrected chi connectivity index (χ0v) is 9.15. The van der Waals surface area contributed by atoms with Gasteiger partial charge in [0, 0.05) is 0 Å². The van der Waals surface area contributed by atoms with Crippen molar-refractivity contribution in [2.24, 2.45) is 11.1 Å². The van der Waals surface area contributed by atoms with E-state index in [-0.39, 0.29) is 17.6 Å². The maximum absolute atomic E-state index is 11.4. The summed E-state index contributed by atoms with van der Waals surface area (Å²) in [7, 11) is 0. The van der Waals surface area contributed by atoms with Crippen LogP contribution in [0.2, 0.25) is 0 Å². The van der Waals surface area contributed by atoms with Crippen molar-refractivity contribution >= 4 is 23.3 Å². The second kappa shape index (κ2) is 4.53. The molecule has 0 spiro atoms. The summed E-state index contributed by atoms with van der Waals surface area (Å²) >= 11 is 5.66. The molecule has 4 nitrogen and oxygen atoms in total. The summed E-state index contributed by atoms with van der Waals surface area (Å²) in [4.78, 5) is 16.0. The Morgan fingerprint density at radius 3 is 2.69 bits per heavy atom. The van der Waals surface area contributed by atoms with Crippen LogP contribution >= 0.6 is 11.6 Å². The van der Waals surface area contributed by atoms with Gasteiger partial charge < -0.3 is 9.94 Å². The van der Waals surface area contributed by atoms with Crippen LogP contribution in [0.5, 0.6) is 5.75 Å². The summed E-state index contributed by atoms with van der Waals surface area (Å²) in [5.74, 6) is -0.385. The molecule has 1 heterocycles. The standard InChI is InChI=1S/C11H10ClNO3/c12-6-10-9(11(15)16-13-10)5-7-1-3-8(14)4-2-7/h1-4,9,14H,5-6H2/t9-/m0/s1. The van der Waals surface area contributed by atoms with E-state index in [1.54, 1.807) is 24.3 Å². The fraction of sp³-hybridized carbons (Fsp3) is 0.273. The molecule has 0 saturated carbocycles. The first-order valence-electron chi connectivity index (χ1n) is 4.82. The first-order valence-corrected chi connectivity index (χ1v) is 5.35. The van der Waals surface area contributed by atoms with E-state index in [4.69, 9.17) is 16.7 Å². The monoisotopic (exact) mass is 239 g/mol. The molecule has 0 fully saturated rings. The van der Waals surface area contributed by atoms with Crippen LogP contribution in [-0.4, -0.2) is 22.7 Å². The molecule has 1 aliphatic heterocycles. The molecule has 84 valence electrons. The average molecular weight is 240 g/mol. The molecule has 0 bridgehead atoms. The van der Waals surface area contributed by atoms with Crippen LogP contribution in [0.15, 0.2) is 29.4 Å². The number of phenols is 1. The highest BCUT2D eigenvalue weighted by molar-refractivity contribution is 6.31. The van der Waals surface area contributed by atoms with E-state index in [0.29, 0.717) is 12.1 Å². The maximum Gasteiger partial charge on any atom is 0.344 e. The molecular weight excluding hydrogens is 230 g/mol. The first-order chi connectivity index (χ1) is 7.70. The highest BCUT2D eigenvalue weighted by Gasteiger charge is 2.31. The number of rotatable bonds is 3. The van der Waals surface area contributed by atoms with E-state index in [2.05, 4.69) is 9.99 Å². The van der Waals surface area contributed by atoms with Gasteiger partial charge in [-0.2, -0.15) is 0 Å². The average Bonchev–Trinajstić information content (AvgIpc) is 2.63. The van der Waals surface area contributed by atoms with Crippen LogP contribution in [0.25, 0.3) is 0 Å². The van der Waals surface area contributed by atoms with Gasteiger partial charge in [0.2, 0.25) is 0 Å². The van der Waals surface area contributed by atoms with Crippen LogP contribution in [0.4, 0.5) is 0 Å². The molecule has 1 N–H and O–H groups in total. The van der Waals surface area contributed by atoms with Gasteiger partial charge in [-0.3, -0.25) is 0 Å². The molecule has 0 unspecified atom stereocenters. The van der Waals surface area contributed by atoms with Gasteiger partial charge in [0.25, 0.3) is 0 Å². The van der Waals surface area contributed by atoms with Crippen LogP contribution in [0, 0.1) is 5.92 Å². The lowest BCUT2D eigenvalue weighted by molar-refractivity contribution is -0.143. The van der Waals surface area contributed by atoms with Crippen molar-refractivity contribution in [1.82, 2.24) is 0 Å². The second-order valence-electron chi connectivity index (χ2n) is 3.55. The van der Waals surface area contributed by atoms with Crippen LogP contribution in [0.1, 0.15) is 5.56 Å². The normalized spacial score (nSPS) is 19.4. The van der Waals surface area contributed by atoms with Crippen LogP contribution < -0.4 is 0 Å². The zero-order chi connectivity index (χ0) is 11.5. The number of phenolic OH excluding ortho intramolecular Hbond substituents is 1. The number of carbonyl (C=O) groups is 1. The molecule has 1 atom stereocenters. The Balaban J connectivity index is 2.12. The minimum absolute atomic E-state index is 0.189. The molecule has 0 aliphatic carbocycles. The minimum atomic E-state index is -0.401. The number of hydrogen-bond acceptors (Lipinski definition) is 4. The van der Waals surface area contributed by atoms with Crippen molar-refractivity contribution in [1.29, 1.82) is 0 Å². The molecule has 2 rings (SSSR count). The van der Waals surface area contributed by atoms with Gasteiger partial charge in [0.15, 0.2) is 0 Å². The summed E-state index contributed by atoms with van der Waals surface area (Å²) in [6.07, 6.45) is 0.491. The van der Waals surface area contributed by atoms with Gasteiger partial charge >= 0.3 is 5.97 Å². The summed E-state index contributed by atoms with van der Waals surface area (Å²) in [6, 6.07) is 6.67.